The third kappa shape index (κ3) is 2.85. The van der Waals surface area contributed by atoms with Crippen LogP contribution in [0.15, 0.2) is 54.0 Å². The monoisotopic (exact) mass is 346 g/mol. The number of nitrogens with zero attached hydrogens (tertiary/aromatic N) is 2. The lowest BCUT2D eigenvalue weighted by atomic mass is 9.77. The van der Waals surface area contributed by atoms with Gasteiger partial charge in [-0.05, 0) is 61.6 Å². The van der Waals surface area contributed by atoms with E-state index < -0.39 is 0 Å². The molecule has 26 heavy (non-hydrogen) atoms. The molecule has 1 unspecified atom stereocenters. The summed E-state index contributed by atoms with van der Waals surface area (Å²) in [7, 11) is 0. The Balaban J connectivity index is 1.88. The Hall–Kier alpha value is -2.75. The highest BCUT2D eigenvalue weighted by Crippen LogP contribution is 2.43. The molecule has 0 saturated carbocycles. The zero-order valence-corrected chi connectivity index (χ0v) is 15.2. The van der Waals surface area contributed by atoms with Gasteiger partial charge in [0, 0.05) is 48.1 Å². The molecule has 1 aliphatic carbocycles. The summed E-state index contributed by atoms with van der Waals surface area (Å²) in [6, 6.07) is 9.98. The molecule has 1 atom stereocenters. The molecule has 132 valence electrons. The van der Waals surface area contributed by atoms with Crippen molar-refractivity contribution in [3.8, 4) is 0 Å². The van der Waals surface area contributed by atoms with E-state index in [1.165, 1.54) is 0 Å². The number of carbonyl (C=O) groups is 2. The van der Waals surface area contributed by atoms with Gasteiger partial charge in [0.15, 0.2) is 5.78 Å². The Morgan fingerprint density at radius 3 is 2.54 bits per heavy atom. The van der Waals surface area contributed by atoms with Gasteiger partial charge in [0.25, 0.3) is 0 Å². The predicted octanol–water partition coefficient (Wildman–Crippen LogP) is 4.23. The minimum Gasteiger partial charge on any atom is -0.294 e. The summed E-state index contributed by atoms with van der Waals surface area (Å²) >= 11 is 0. The van der Waals surface area contributed by atoms with Crippen molar-refractivity contribution in [2.24, 2.45) is 0 Å². The van der Waals surface area contributed by atoms with Crippen LogP contribution in [0.25, 0.3) is 0 Å². The summed E-state index contributed by atoms with van der Waals surface area (Å²) in [5, 5.41) is 0. The number of anilines is 1. The van der Waals surface area contributed by atoms with Crippen LogP contribution in [0.4, 0.5) is 5.69 Å². The Bertz CT molecular complexity index is 895. The largest absolute Gasteiger partial charge is 0.294 e. The SMILES string of the molecule is Cc1cc(C)cc(N2C(=O)CC(c3cccnc3)C3=C2CCCC3=O)c1. The van der Waals surface area contributed by atoms with Crippen LogP contribution in [0.2, 0.25) is 0 Å². The minimum absolute atomic E-state index is 0.0531. The number of amides is 1. The molecular weight excluding hydrogens is 324 g/mol. The molecule has 1 aromatic carbocycles. The maximum atomic E-state index is 13.1. The second-order valence-electron chi connectivity index (χ2n) is 7.26. The van der Waals surface area contributed by atoms with E-state index in [1.807, 2.05) is 38.1 Å². The fraction of sp³-hybridized carbons (Fsp3) is 0.318. The first kappa shape index (κ1) is 16.7. The number of ketones is 1. The van der Waals surface area contributed by atoms with Crippen LogP contribution >= 0.6 is 0 Å². The summed E-state index contributed by atoms with van der Waals surface area (Å²) in [6.07, 6.45) is 5.92. The molecular formula is C22H22N2O2. The molecule has 4 rings (SSSR count). The van der Waals surface area contributed by atoms with Crippen LogP contribution < -0.4 is 4.90 Å². The van der Waals surface area contributed by atoms with Gasteiger partial charge in [0.05, 0.1) is 0 Å². The first-order chi connectivity index (χ1) is 12.5. The van der Waals surface area contributed by atoms with Crippen molar-refractivity contribution in [1.29, 1.82) is 0 Å². The number of pyridine rings is 1. The molecule has 1 aliphatic heterocycles. The molecule has 2 aliphatic rings. The highest BCUT2D eigenvalue weighted by Gasteiger charge is 2.39. The molecule has 0 radical (unpaired) electrons. The number of Topliss-reactive ketones (excluding diaryl/α,β-unsaturated/α-hetero) is 1. The molecule has 0 spiro atoms. The Morgan fingerprint density at radius 1 is 1.08 bits per heavy atom. The molecule has 2 heterocycles. The Morgan fingerprint density at radius 2 is 1.85 bits per heavy atom. The fourth-order valence-electron chi connectivity index (χ4n) is 4.24. The zero-order valence-electron chi connectivity index (χ0n) is 15.2. The van der Waals surface area contributed by atoms with E-state index in [0.29, 0.717) is 12.8 Å². The average molecular weight is 346 g/mol. The summed E-state index contributed by atoms with van der Waals surface area (Å²) in [5.74, 6) is 0.0421. The highest BCUT2D eigenvalue weighted by atomic mass is 16.2. The van der Waals surface area contributed by atoms with Crippen molar-refractivity contribution in [3.05, 3.63) is 70.7 Å². The topological polar surface area (TPSA) is 50.3 Å². The van der Waals surface area contributed by atoms with Crippen LogP contribution in [0.3, 0.4) is 0 Å². The first-order valence-corrected chi connectivity index (χ1v) is 9.12. The van der Waals surface area contributed by atoms with Gasteiger partial charge in [-0.25, -0.2) is 0 Å². The van der Waals surface area contributed by atoms with E-state index >= 15 is 0 Å². The fourth-order valence-corrected chi connectivity index (χ4v) is 4.24. The standard InChI is InChI=1S/C22H22N2O2/c1-14-9-15(2)11-17(10-14)24-19-6-3-7-20(25)22(19)18(12-21(24)26)16-5-4-8-23-13-16/h4-5,8-11,13,18H,3,6-7,12H2,1-2H3. The van der Waals surface area contributed by atoms with Gasteiger partial charge in [-0.15, -0.1) is 0 Å². The Kier molecular flexibility index (Phi) is 4.19. The first-order valence-electron chi connectivity index (χ1n) is 9.12. The molecule has 4 nitrogen and oxygen atoms in total. The third-order valence-corrected chi connectivity index (χ3v) is 5.23. The van der Waals surface area contributed by atoms with Crippen LogP contribution in [0.1, 0.15) is 48.3 Å². The normalized spacial score (nSPS) is 20.4. The van der Waals surface area contributed by atoms with Crippen LogP contribution in [0, 0.1) is 13.8 Å². The third-order valence-electron chi connectivity index (χ3n) is 5.23. The smallest absolute Gasteiger partial charge is 0.232 e. The summed E-state index contributed by atoms with van der Waals surface area (Å²) in [4.78, 5) is 31.9. The highest BCUT2D eigenvalue weighted by molar-refractivity contribution is 6.07. The summed E-state index contributed by atoms with van der Waals surface area (Å²) in [6.45, 7) is 4.06. The lowest BCUT2D eigenvalue weighted by Crippen LogP contribution is -2.40. The van der Waals surface area contributed by atoms with Crippen molar-refractivity contribution in [2.45, 2.75) is 45.4 Å². The van der Waals surface area contributed by atoms with E-state index in [1.54, 1.807) is 17.3 Å². The second kappa shape index (κ2) is 6.52. The van der Waals surface area contributed by atoms with Crippen LogP contribution in [-0.4, -0.2) is 16.7 Å². The summed E-state index contributed by atoms with van der Waals surface area (Å²) < 4.78 is 0. The molecule has 2 aromatic rings. The molecule has 0 bridgehead atoms. The maximum Gasteiger partial charge on any atom is 0.232 e. The quantitative estimate of drug-likeness (QED) is 0.818. The van der Waals surface area contributed by atoms with E-state index in [0.717, 1.165) is 46.5 Å². The summed E-state index contributed by atoms with van der Waals surface area (Å²) in [5.41, 5.74) is 5.75. The predicted molar refractivity (Wildman–Crippen MR) is 101 cm³/mol. The van der Waals surface area contributed by atoms with Gasteiger partial charge in [-0.1, -0.05) is 12.1 Å². The lowest BCUT2D eigenvalue weighted by Gasteiger charge is -2.38. The van der Waals surface area contributed by atoms with Crippen LogP contribution in [0.5, 0.6) is 0 Å². The molecule has 4 heteroatoms. The molecule has 1 amide bonds. The van der Waals surface area contributed by atoms with Gasteiger partial charge in [0.1, 0.15) is 0 Å². The van der Waals surface area contributed by atoms with Crippen LogP contribution in [-0.2, 0) is 9.59 Å². The Labute approximate surface area is 153 Å². The van der Waals surface area contributed by atoms with Crippen molar-refractivity contribution in [3.63, 3.8) is 0 Å². The van der Waals surface area contributed by atoms with Gasteiger partial charge >= 0.3 is 0 Å². The molecule has 0 saturated heterocycles. The minimum atomic E-state index is -0.179. The van der Waals surface area contributed by atoms with E-state index in [9.17, 15) is 9.59 Å². The number of aryl methyl sites for hydroxylation is 2. The number of benzene rings is 1. The van der Waals surface area contributed by atoms with E-state index in [-0.39, 0.29) is 17.6 Å². The number of hydrogen-bond donors (Lipinski definition) is 0. The van der Waals surface area contributed by atoms with E-state index in [4.69, 9.17) is 0 Å². The van der Waals surface area contributed by atoms with E-state index in [2.05, 4.69) is 11.1 Å². The van der Waals surface area contributed by atoms with Gasteiger partial charge in [-0.3, -0.25) is 19.5 Å². The van der Waals surface area contributed by atoms with Crippen molar-refractivity contribution < 1.29 is 9.59 Å². The number of hydrogen-bond acceptors (Lipinski definition) is 3. The van der Waals surface area contributed by atoms with Gasteiger partial charge < -0.3 is 0 Å². The molecule has 1 aromatic heterocycles. The number of carbonyl (C=O) groups excluding carboxylic acids is 2. The van der Waals surface area contributed by atoms with Crippen molar-refractivity contribution in [1.82, 2.24) is 4.98 Å². The van der Waals surface area contributed by atoms with Crippen molar-refractivity contribution >= 4 is 17.4 Å². The molecule has 0 N–H and O–H groups in total. The second-order valence-corrected chi connectivity index (χ2v) is 7.26. The number of rotatable bonds is 2. The maximum absolute atomic E-state index is 13.1. The van der Waals surface area contributed by atoms with Crippen molar-refractivity contribution in [2.75, 3.05) is 4.90 Å². The van der Waals surface area contributed by atoms with Gasteiger partial charge in [-0.2, -0.15) is 0 Å². The lowest BCUT2D eigenvalue weighted by molar-refractivity contribution is -0.119. The average Bonchev–Trinajstić information content (AvgIpc) is 2.61. The van der Waals surface area contributed by atoms with Gasteiger partial charge in [0.2, 0.25) is 5.91 Å². The zero-order chi connectivity index (χ0) is 18.3. The number of aromatic nitrogens is 1. The molecule has 0 fully saturated rings. The number of allylic oxidation sites excluding steroid dienone is 2.